The molecule has 0 fully saturated rings. The highest BCUT2D eigenvalue weighted by Gasteiger charge is 2.32. The van der Waals surface area contributed by atoms with E-state index in [-0.39, 0.29) is 5.78 Å². The van der Waals surface area contributed by atoms with Gasteiger partial charge in [0.25, 0.3) is 0 Å². The molecular formula is C12H16O2. The maximum atomic E-state index is 11.9. The summed E-state index contributed by atoms with van der Waals surface area (Å²) in [6.07, 6.45) is 0.911. The van der Waals surface area contributed by atoms with E-state index in [1.54, 1.807) is 24.3 Å². The van der Waals surface area contributed by atoms with Gasteiger partial charge in [0.15, 0.2) is 5.78 Å². The van der Waals surface area contributed by atoms with E-state index in [0.717, 1.165) is 0 Å². The van der Waals surface area contributed by atoms with Crippen LogP contribution < -0.4 is 0 Å². The third-order valence-electron chi connectivity index (χ3n) is 2.63. The van der Waals surface area contributed by atoms with Crippen molar-refractivity contribution < 1.29 is 9.90 Å². The average molecular weight is 192 g/mol. The summed E-state index contributed by atoms with van der Waals surface area (Å²) in [6, 6.07) is 8.93. The van der Waals surface area contributed by atoms with Crippen molar-refractivity contribution in [3.05, 3.63) is 35.9 Å². The van der Waals surface area contributed by atoms with Crippen LogP contribution in [0.3, 0.4) is 0 Å². The minimum Gasteiger partial charge on any atom is -0.382 e. The monoisotopic (exact) mass is 192 g/mol. The summed E-state index contributed by atoms with van der Waals surface area (Å²) < 4.78 is 0. The van der Waals surface area contributed by atoms with Gasteiger partial charge < -0.3 is 5.11 Å². The lowest BCUT2D eigenvalue weighted by atomic mass is 9.88. The first-order valence-electron chi connectivity index (χ1n) is 4.96. The molecule has 2 nitrogen and oxygen atoms in total. The summed E-state index contributed by atoms with van der Waals surface area (Å²) in [5.74, 6) is -0.178. The SMILES string of the molecule is CCC(O)(CC)C(=O)c1ccccc1. The number of rotatable bonds is 4. The molecule has 0 amide bonds. The predicted octanol–water partition coefficient (Wildman–Crippen LogP) is 2.42. The second-order valence-electron chi connectivity index (χ2n) is 3.43. The lowest BCUT2D eigenvalue weighted by molar-refractivity contribution is 0.0278. The molecule has 0 bridgehead atoms. The summed E-state index contributed by atoms with van der Waals surface area (Å²) >= 11 is 0. The lowest BCUT2D eigenvalue weighted by Gasteiger charge is -2.23. The smallest absolute Gasteiger partial charge is 0.194 e. The van der Waals surface area contributed by atoms with Crippen LogP contribution in [0.4, 0.5) is 0 Å². The molecule has 0 spiro atoms. The molecule has 1 aromatic carbocycles. The zero-order chi connectivity index (χ0) is 10.6. The first-order chi connectivity index (χ1) is 6.64. The van der Waals surface area contributed by atoms with Gasteiger partial charge in [0.05, 0.1) is 0 Å². The lowest BCUT2D eigenvalue weighted by Crippen LogP contribution is -2.37. The molecular weight excluding hydrogens is 176 g/mol. The molecule has 0 saturated heterocycles. The number of benzene rings is 1. The van der Waals surface area contributed by atoms with Crippen molar-refractivity contribution in [2.75, 3.05) is 0 Å². The number of Topliss-reactive ketones (excluding diaryl/α,β-unsaturated/α-hetero) is 1. The number of hydrogen-bond donors (Lipinski definition) is 1. The Morgan fingerprint density at radius 1 is 1.21 bits per heavy atom. The Kier molecular flexibility index (Phi) is 3.42. The van der Waals surface area contributed by atoms with Crippen LogP contribution in [0.5, 0.6) is 0 Å². The van der Waals surface area contributed by atoms with Crippen LogP contribution >= 0.6 is 0 Å². The summed E-state index contributed by atoms with van der Waals surface area (Å²) in [5, 5.41) is 10.0. The topological polar surface area (TPSA) is 37.3 Å². The van der Waals surface area contributed by atoms with Gasteiger partial charge in [-0.2, -0.15) is 0 Å². The largest absolute Gasteiger partial charge is 0.382 e. The average Bonchev–Trinajstić information content (AvgIpc) is 2.28. The highest BCUT2D eigenvalue weighted by Crippen LogP contribution is 2.20. The molecule has 0 atom stereocenters. The summed E-state index contributed by atoms with van der Waals surface area (Å²) in [4.78, 5) is 11.9. The fourth-order valence-electron chi connectivity index (χ4n) is 1.43. The molecule has 0 radical (unpaired) electrons. The van der Waals surface area contributed by atoms with E-state index in [4.69, 9.17) is 0 Å². The molecule has 0 heterocycles. The van der Waals surface area contributed by atoms with Crippen LogP contribution in [0.1, 0.15) is 37.0 Å². The zero-order valence-electron chi connectivity index (χ0n) is 8.66. The first-order valence-corrected chi connectivity index (χ1v) is 4.96. The standard InChI is InChI=1S/C12H16O2/c1-3-12(14,4-2)11(13)10-8-6-5-7-9-10/h5-9,14H,3-4H2,1-2H3. The molecule has 1 N–H and O–H groups in total. The molecule has 0 aliphatic heterocycles. The van der Waals surface area contributed by atoms with E-state index in [2.05, 4.69) is 0 Å². The minimum atomic E-state index is -1.19. The van der Waals surface area contributed by atoms with Crippen molar-refractivity contribution in [1.29, 1.82) is 0 Å². The summed E-state index contributed by atoms with van der Waals surface area (Å²) in [5.41, 5.74) is -0.611. The van der Waals surface area contributed by atoms with Crippen molar-refractivity contribution >= 4 is 5.78 Å². The van der Waals surface area contributed by atoms with Gasteiger partial charge in [0.1, 0.15) is 5.60 Å². The Balaban J connectivity index is 2.95. The second kappa shape index (κ2) is 4.38. The number of carbonyl (C=O) groups excluding carboxylic acids is 1. The van der Waals surface area contributed by atoms with Gasteiger partial charge in [-0.25, -0.2) is 0 Å². The highest BCUT2D eigenvalue weighted by molar-refractivity contribution is 6.02. The Morgan fingerprint density at radius 3 is 2.14 bits per heavy atom. The Hall–Kier alpha value is -1.15. The third-order valence-corrected chi connectivity index (χ3v) is 2.63. The molecule has 2 heteroatoms. The van der Waals surface area contributed by atoms with Crippen LogP contribution in [-0.4, -0.2) is 16.5 Å². The number of ketones is 1. The quantitative estimate of drug-likeness (QED) is 0.744. The van der Waals surface area contributed by atoms with Crippen LogP contribution in [-0.2, 0) is 0 Å². The van der Waals surface area contributed by atoms with Crippen molar-refractivity contribution in [3.8, 4) is 0 Å². The van der Waals surface area contributed by atoms with E-state index in [1.165, 1.54) is 0 Å². The van der Waals surface area contributed by atoms with Crippen LogP contribution in [0.15, 0.2) is 30.3 Å². The van der Waals surface area contributed by atoms with Crippen molar-refractivity contribution in [1.82, 2.24) is 0 Å². The molecule has 76 valence electrons. The maximum Gasteiger partial charge on any atom is 0.194 e. The normalized spacial score (nSPS) is 11.4. The summed E-state index contributed by atoms with van der Waals surface area (Å²) in [7, 11) is 0. The Morgan fingerprint density at radius 2 is 1.71 bits per heavy atom. The van der Waals surface area contributed by atoms with Gasteiger partial charge in [-0.05, 0) is 12.8 Å². The van der Waals surface area contributed by atoms with Gasteiger partial charge in [0.2, 0.25) is 0 Å². The van der Waals surface area contributed by atoms with Gasteiger partial charge in [-0.3, -0.25) is 4.79 Å². The molecule has 1 aromatic rings. The van der Waals surface area contributed by atoms with Crippen molar-refractivity contribution in [3.63, 3.8) is 0 Å². The minimum absolute atomic E-state index is 0.178. The van der Waals surface area contributed by atoms with Gasteiger partial charge in [-0.15, -0.1) is 0 Å². The highest BCUT2D eigenvalue weighted by atomic mass is 16.3. The Labute approximate surface area is 84.6 Å². The molecule has 1 rings (SSSR count). The van der Waals surface area contributed by atoms with Crippen LogP contribution in [0.2, 0.25) is 0 Å². The fraction of sp³-hybridized carbons (Fsp3) is 0.417. The first kappa shape index (κ1) is 10.9. The third kappa shape index (κ3) is 2.02. The van der Waals surface area contributed by atoms with Gasteiger partial charge in [-0.1, -0.05) is 44.2 Å². The van der Waals surface area contributed by atoms with E-state index in [0.29, 0.717) is 18.4 Å². The molecule has 14 heavy (non-hydrogen) atoms. The molecule has 0 aliphatic rings. The van der Waals surface area contributed by atoms with E-state index in [1.807, 2.05) is 19.9 Å². The van der Waals surface area contributed by atoms with E-state index < -0.39 is 5.60 Å². The number of hydrogen-bond acceptors (Lipinski definition) is 2. The zero-order valence-corrected chi connectivity index (χ0v) is 8.66. The molecule has 0 unspecified atom stereocenters. The van der Waals surface area contributed by atoms with Crippen LogP contribution in [0.25, 0.3) is 0 Å². The molecule has 0 saturated carbocycles. The Bertz CT molecular complexity index is 299. The van der Waals surface area contributed by atoms with Gasteiger partial charge in [0, 0.05) is 5.56 Å². The predicted molar refractivity (Wildman–Crippen MR) is 56.3 cm³/mol. The van der Waals surface area contributed by atoms with Crippen molar-refractivity contribution in [2.24, 2.45) is 0 Å². The fourth-order valence-corrected chi connectivity index (χ4v) is 1.43. The second-order valence-corrected chi connectivity index (χ2v) is 3.43. The van der Waals surface area contributed by atoms with Gasteiger partial charge >= 0.3 is 0 Å². The van der Waals surface area contributed by atoms with Crippen molar-refractivity contribution in [2.45, 2.75) is 32.3 Å². The molecule has 0 aromatic heterocycles. The number of aliphatic hydroxyl groups is 1. The summed E-state index contributed by atoms with van der Waals surface area (Å²) in [6.45, 7) is 3.65. The van der Waals surface area contributed by atoms with E-state index >= 15 is 0 Å². The number of carbonyl (C=O) groups is 1. The molecule has 0 aliphatic carbocycles. The maximum absolute atomic E-state index is 11.9. The van der Waals surface area contributed by atoms with Crippen LogP contribution in [0, 0.1) is 0 Å². The van der Waals surface area contributed by atoms with E-state index in [9.17, 15) is 9.90 Å².